The standard InChI is InChI=1S/C23H25ClN4O4S/c1-31-17-8-9-18(20(12-17)32-2)21(29)27-23-28(11-3-10-25)19(14-33-23)22(30)26-13-15-4-6-16(24)7-5-15/h4-9,12,14H,3,10-11,13,25H2,1-2H3,(H,26,30). The molecule has 0 radical (unpaired) electrons. The van der Waals surface area contributed by atoms with Crippen LogP contribution in [-0.2, 0) is 13.1 Å². The van der Waals surface area contributed by atoms with Crippen molar-refractivity contribution in [1.82, 2.24) is 9.88 Å². The van der Waals surface area contributed by atoms with Gasteiger partial charge in [0.15, 0.2) is 4.80 Å². The summed E-state index contributed by atoms with van der Waals surface area (Å²) in [7, 11) is 3.01. The van der Waals surface area contributed by atoms with E-state index in [2.05, 4.69) is 10.3 Å². The van der Waals surface area contributed by atoms with Crippen molar-refractivity contribution in [2.24, 2.45) is 10.7 Å². The topological polar surface area (TPSA) is 108 Å². The van der Waals surface area contributed by atoms with Crippen LogP contribution in [0.2, 0.25) is 5.02 Å². The Morgan fingerprint density at radius 2 is 1.91 bits per heavy atom. The smallest absolute Gasteiger partial charge is 0.283 e. The third kappa shape index (κ3) is 6.22. The van der Waals surface area contributed by atoms with Crippen LogP contribution in [0.1, 0.15) is 32.8 Å². The largest absolute Gasteiger partial charge is 0.497 e. The highest BCUT2D eigenvalue weighted by atomic mass is 35.5. The van der Waals surface area contributed by atoms with E-state index in [1.54, 1.807) is 40.3 Å². The van der Waals surface area contributed by atoms with E-state index in [-0.39, 0.29) is 5.91 Å². The van der Waals surface area contributed by atoms with Gasteiger partial charge in [-0.3, -0.25) is 9.59 Å². The van der Waals surface area contributed by atoms with Gasteiger partial charge in [-0.05, 0) is 42.8 Å². The second-order valence-electron chi connectivity index (χ2n) is 6.99. The lowest BCUT2D eigenvalue weighted by Crippen LogP contribution is -2.29. The Labute approximate surface area is 200 Å². The molecule has 33 heavy (non-hydrogen) atoms. The summed E-state index contributed by atoms with van der Waals surface area (Å²) >= 11 is 7.12. The van der Waals surface area contributed by atoms with Gasteiger partial charge < -0.3 is 25.1 Å². The molecule has 2 amide bonds. The van der Waals surface area contributed by atoms with Crippen LogP contribution < -0.4 is 25.3 Å². The van der Waals surface area contributed by atoms with E-state index in [4.69, 9.17) is 26.8 Å². The molecule has 10 heteroatoms. The number of aromatic nitrogens is 1. The summed E-state index contributed by atoms with van der Waals surface area (Å²) in [6.07, 6.45) is 0.626. The van der Waals surface area contributed by atoms with Crippen LogP contribution in [-0.4, -0.2) is 37.1 Å². The maximum atomic E-state index is 12.9. The molecule has 0 saturated carbocycles. The van der Waals surface area contributed by atoms with Crippen LogP contribution in [0.15, 0.2) is 52.8 Å². The average molecular weight is 489 g/mol. The molecule has 0 spiro atoms. The van der Waals surface area contributed by atoms with Crippen molar-refractivity contribution in [2.75, 3.05) is 20.8 Å². The summed E-state index contributed by atoms with van der Waals surface area (Å²) in [4.78, 5) is 30.4. The Morgan fingerprint density at radius 1 is 1.15 bits per heavy atom. The molecular weight excluding hydrogens is 464 g/mol. The van der Waals surface area contributed by atoms with Crippen molar-refractivity contribution in [2.45, 2.75) is 19.5 Å². The number of benzene rings is 2. The highest BCUT2D eigenvalue weighted by molar-refractivity contribution is 7.07. The lowest BCUT2D eigenvalue weighted by Gasteiger charge is -2.10. The number of hydrogen-bond acceptors (Lipinski definition) is 6. The number of amides is 2. The highest BCUT2D eigenvalue weighted by Crippen LogP contribution is 2.25. The molecule has 3 aromatic rings. The maximum Gasteiger partial charge on any atom is 0.283 e. The predicted octanol–water partition coefficient (Wildman–Crippen LogP) is 3.24. The van der Waals surface area contributed by atoms with Crippen LogP contribution in [0.5, 0.6) is 11.5 Å². The van der Waals surface area contributed by atoms with Gasteiger partial charge in [0, 0.05) is 29.6 Å². The number of nitrogens with two attached hydrogens (primary N) is 1. The van der Waals surface area contributed by atoms with E-state index in [0.717, 1.165) is 5.56 Å². The minimum absolute atomic E-state index is 0.269. The Bertz CT molecular complexity index is 1190. The fourth-order valence-electron chi connectivity index (χ4n) is 3.06. The number of nitrogens with one attached hydrogen (secondary N) is 1. The molecule has 0 aliphatic heterocycles. The first-order chi connectivity index (χ1) is 16.0. The number of thiazole rings is 1. The van der Waals surface area contributed by atoms with Gasteiger partial charge in [-0.25, -0.2) is 0 Å². The number of carbonyl (C=O) groups excluding carboxylic acids is 2. The minimum Gasteiger partial charge on any atom is -0.497 e. The SMILES string of the molecule is COc1ccc(C(=O)N=c2scc(C(=O)NCc3ccc(Cl)cc3)n2CCCN)c(OC)c1. The fourth-order valence-corrected chi connectivity index (χ4v) is 4.09. The van der Waals surface area contributed by atoms with E-state index >= 15 is 0 Å². The van der Waals surface area contributed by atoms with Gasteiger partial charge >= 0.3 is 0 Å². The number of halogens is 1. The van der Waals surface area contributed by atoms with Crippen LogP contribution in [0.3, 0.4) is 0 Å². The zero-order valence-electron chi connectivity index (χ0n) is 18.3. The zero-order valence-corrected chi connectivity index (χ0v) is 19.9. The van der Waals surface area contributed by atoms with Crippen LogP contribution in [0.25, 0.3) is 0 Å². The summed E-state index contributed by atoms with van der Waals surface area (Å²) in [5.74, 6) is 0.173. The van der Waals surface area contributed by atoms with Crippen LogP contribution >= 0.6 is 22.9 Å². The summed E-state index contributed by atoms with van der Waals surface area (Å²) in [5.41, 5.74) is 7.31. The monoisotopic (exact) mass is 488 g/mol. The van der Waals surface area contributed by atoms with E-state index < -0.39 is 5.91 Å². The Hall–Kier alpha value is -3.14. The highest BCUT2D eigenvalue weighted by Gasteiger charge is 2.17. The van der Waals surface area contributed by atoms with E-state index in [1.165, 1.54) is 25.6 Å². The average Bonchev–Trinajstić information content (AvgIpc) is 3.23. The number of hydrogen-bond donors (Lipinski definition) is 2. The molecule has 1 heterocycles. The molecule has 1 aromatic heterocycles. The van der Waals surface area contributed by atoms with Gasteiger partial charge in [0.05, 0.1) is 19.8 Å². The number of carbonyl (C=O) groups is 2. The third-order valence-electron chi connectivity index (χ3n) is 4.82. The van der Waals surface area contributed by atoms with E-state index in [1.807, 2.05) is 12.1 Å². The molecule has 0 unspecified atom stereocenters. The lowest BCUT2D eigenvalue weighted by molar-refractivity contribution is 0.0937. The van der Waals surface area contributed by atoms with Crippen molar-refractivity contribution in [1.29, 1.82) is 0 Å². The zero-order chi connectivity index (χ0) is 23.8. The lowest BCUT2D eigenvalue weighted by atomic mass is 10.2. The number of ether oxygens (including phenoxy) is 2. The summed E-state index contributed by atoms with van der Waals surface area (Å²) in [6, 6.07) is 12.1. The van der Waals surface area contributed by atoms with E-state index in [0.29, 0.717) is 58.6 Å². The molecule has 174 valence electrons. The van der Waals surface area contributed by atoms with Crippen LogP contribution in [0, 0.1) is 0 Å². The molecule has 0 bridgehead atoms. The molecule has 0 saturated heterocycles. The minimum atomic E-state index is -0.481. The van der Waals surface area contributed by atoms with Gasteiger partial charge in [0.2, 0.25) is 0 Å². The maximum absolute atomic E-state index is 12.9. The van der Waals surface area contributed by atoms with Crippen molar-refractivity contribution in [3.05, 3.63) is 74.5 Å². The first-order valence-electron chi connectivity index (χ1n) is 10.2. The predicted molar refractivity (Wildman–Crippen MR) is 128 cm³/mol. The Morgan fingerprint density at radius 3 is 2.58 bits per heavy atom. The molecule has 0 atom stereocenters. The molecular formula is C23H25ClN4O4S. The number of methoxy groups -OCH3 is 2. The molecule has 8 nitrogen and oxygen atoms in total. The van der Waals surface area contributed by atoms with Crippen molar-refractivity contribution >= 4 is 34.8 Å². The van der Waals surface area contributed by atoms with E-state index in [9.17, 15) is 9.59 Å². The van der Waals surface area contributed by atoms with Crippen molar-refractivity contribution < 1.29 is 19.1 Å². The van der Waals surface area contributed by atoms with Crippen molar-refractivity contribution in [3.63, 3.8) is 0 Å². The Kier molecular flexibility index (Phi) is 8.65. The second kappa shape index (κ2) is 11.6. The molecule has 0 aliphatic rings. The fraction of sp³-hybridized carbons (Fsp3) is 0.261. The number of rotatable bonds is 9. The van der Waals surface area contributed by atoms with Gasteiger partial charge in [-0.2, -0.15) is 4.99 Å². The van der Waals surface area contributed by atoms with Crippen LogP contribution in [0.4, 0.5) is 0 Å². The van der Waals surface area contributed by atoms with Gasteiger partial charge in [0.1, 0.15) is 17.2 Å². The summed E-state index contributed by atoms with van der Waals surface area (Å²) in [5, 5.41) is 5.21. The van der Waals surface area contributed by atoms with Gasteiger partial charge in [-0.15, -0.1) is 11.3 Å². The molecule has 0 aliphatic carbocycles. The first kappa shape index (κ1) is 24.5. The second-order valence-corrected chi connectivity index (χ2v) is 8.26. The van der Waals surface area contributed by atoms with Gasteiger partial charge in [-0.1, -0.05) is 23.7 Å². The first-order valence-corrected chi connectivity index (χ1v) is 11.4. The Balaban J connectivity index is 1.88. The summed E-state index contributed by atoms with van der Waals surface area (Å²) < 4.78 is 12.2. The van der Waals surface area contributed by atoms with Gasteiger partial charge in [0.25, 0.3) is 11.8 Å². The quantitative estimate of drug-likeness (QED) is 0.480. The molecule has 0 fully saturated rings. The summed E-state index contributed by atoms with van der Waals surface area (Å²) in [6.45, 7) is 1.24. The molecule has 2 aromatic carbocycles. The van der Waals surface area contributed by atoms with Crippen molar-refractivity contribution in [3.8, 4) is 11.5 Å². The molecule has 3 rings (SSSR count). The molecule has 3 N–H and O–H groups in total. The third-order valence-corrected chi connectivity index (χ3v) is 5.93. The number of nitrogens with zero attached hydrogens (tertiary/aromatic N) is 2. The normalized spacial score (nSPS) is 11.3.